The SMILES string of the molecule is C.C.C.CC(C)N1CCC(N(C)S(C)(=O)=O)CC1.CC(C)c1cccc(C#N)c1.[Y]. The Hall–Kier alpha value is -0.316. The van der Waals surface area contributed by atoms with Crippen molar-refractivity contribution in [3.05, 3.63) is 35.4 Å². The zero-order valence-corrected chi connectivity index (χ0v) is 21.2. The summed E-state index contributed by atoms with van der Waals surface area (Å²) in [5.74, 6) is 0.503. The molecule has 1 aliphatic heterocycles. The van der Waals surface area contributed by atoms with E-state index in [-0.39, 0.29) is 61.0 Å². The van der Waals surface area contributed by atoms with E-state index in [0.29, 0.717) is 12.0 Å². The fourth-order valence-corrected chi connectivity index (χ4v) is 3.76. The van der Waals surface area contributed by atoms with Crippen LogP contribution in [0.2, 0.25) is 0 Å². The normalized spacial score (nSPS) is 14.3. The summed E-state index contributed by atoms with van der Waals surface area (Å²) in [7, 11) is -1.34. The molecule has 1 saturated heterocycles. The summed E-state index contributed by atoms with van der Waals surface area (Å²) in [5.41, 5.74) is 1.97. The van der Waals surface area contributed by atoms with Gasteiger partial charge in [-0.05, 0) is 63.4 Å². The van der Waals surface area contributed by atoms with Crippen molar-refractivity contribution in [1.82, 2.24) is 9.21 Å². The smallest absolute Gasteiger partial charge is 0.211 e. The largest absolute Gasteiger partial charge is 0.301 e. The van der Waals surface area contributed by atoms with Gasteiger partial charge in [0, 0.05) is 51.8 Å². The molecule has 0 N–H and O–H groups in total. The molecule has 5 nitrogen and oxygen atoms in total. The maximum atomic E-state index is 11.4. The number of benzene rings is 1. The molecule has 2 rings (SSSR count). The summed E-state index contributed by atoms with van der Waals surface area (Å²) >= 11 is 0. The van der Waals surface area contributed by atoms with E-state index < -0.39 is 10.0 Å². The monoisotopic (exact) mass is 516 g/mol. The molecule has 0 aliphatic carbocycles. The molecule has 173 valence electrons. The minimum Gasteiger partial charge on any atom is -0.301 e. The molecule has 0 unspecified atom stereocenters. The number of piperidine rings is 1. The summed E-state index contributed by atoms with van der Waals surface area (Å²) in [5, 5.41) is 8.59. The van der Waals surface area contributed by atoms with E-state index in [1.165, 1.54) is 16.1 Å². The van der Waals surface area contributed by atoms with Gasteiger partial charge in [0.2, 0.25) is 10.0 Å². The second-order valence-electron chi connectivity index (χ2n) is 7.53. The van der Waals surface area contributed by atoms with Crippen LogP contribution in [0.1, 0.15) is 79.9 Å². The first-order chi connectivity index (χ1) is 12.1. The minimum atomic E-state index is -3.03. The van der Waals surface area contributed by atoms with Gasteiger partial charge in [0.15, 0.2) is 0 Å². The van der Waals surface area contributed by atoms with Gasteiger partial charge in [-0.25, -0.2) is 12.7 Å². The summed E-state index contributed by atoms with van der Waals surface area (Å²) in [6.07, 6.45) is 3.17. The fourth-order valence-electron chi connectivity index (χ4n) is 3.00. The van der Waals surface area contributed by atoms with Gasteiger partial charge in [0.1, 0.15) is 0 Å². The summed E-state index contributed by atoms with van der Waals surface area (Å²) in [4.78, 5) is 2.40. The number of nitrogens with zero attached hydrogens (tertiary/aromatic N) is 3. The average molecular weight is 517 g/mol. The molecule has 1 heterocycles. The minimum absolute atomic E-state index is 0. The van der Waals surface area contributed by atoms with Crippen molar-refractivity contribution < 1.29 is 41.1 Å². The van der Waals surface area contributed by atoms with Crippen LogP contribution in [0.3, 0.4) is 0 Å². The molecule has 0 saturated carbocycles. The third-order valence-corrected chi connectivity index (χ3v) is 6.29. The molecule has 0 spiro atoms. The van der Waals surface area contributed by atoms with E-state index in [0.717, 1.165) is 31.5 Å². The van der Waals surface area contributed by atoms with E-state index in [2.05, 4.69) is 38.7 Å². The average Bonchev–Trinajstić information content (AvgIpc) is 2.61. The Morgan fingerprint density at radius 2 is 1.60 bits per heavy atom. The Kier molecular flexibility index (Phi) is 21.3. The Morgan fingerprint density at radius 1 is 1.10 bits per heavy atom. The standard InChI is InChI=1S/C10H22N2O2S.C10H11N.3CH4.Y/c1-9(2)12-7-5-10(6-8-12)11(3)15(4,13)14;1-8(2)10-5-3-4-9(6-10)7-11;;;;/h9-10H,5-8H2,1-4H3;3-6,8H,1-2H3;3*1H4;. The first-order valence-corrected chi connectivity index (χ1v) is 11.1. The Bertz CT molecular complexity index is 707. The zero-order valence-electron chi connectivity index (χ0n) is 17.5. The molecule has 1 fully saturated rings. The van der Waals surface area contributed by atoms with Crippen molar-refractivity contribution in [2.24, 2.45) is 0 Å². The topological polar surface area (TPSA) is 64.4 Å². The molecule has 7 heteroatoms. The van der Waals surface area contributed by atoms with Crippen molar-refractivity contribution in [2.75, 3.05) is 26.4 Å². The summed E-state index contributed by atoms with van der Waals surface area (Å²) in [6.45, 7) is 10.6. The third-order valence-electron chi connectivity index (χ3n) is 4.95. The van der Waals surface area contributed by atoms with E-state index in [1.807, 2.05) is 24.3 Å². The number of hydrogen-bond donors (Lipinski definition) is 0. The number of rotatable bonds is 4. The predicted octanol–water partition coefficient (Wildman–Crippen LogP) is 5.34. The van der Waals surface area contributed by atoms with E-state index in [4.69, 9.17) is 5.26 Å². The Morgan fingerprint density at radius 3 is 1.97 bits per heavy atom. The van der Waals surface area contributed by atoms with Gasteiger partial charge in [-0.15, -0.1) is 0 Å². The summed E-state index contributed by atoms with van der Waals surface area (Å²) in [6, 6.07) is 10.6. The van der Waals surface area contributed by atoms with E-state index >= 15 is 0 Å². The fraction of sp³-hybridized carbons (Fsp3) is 0.696. The zero-order chi connectivity index (χ0) is 19.9. The van der Waals surface area contributed by atoms with E-state index in [9.17, 15) is 8.42 Å². The molecule has 0 aromatic heterocycles. The maximum absolute atomic E-state index is 11.4. The van der Waals surface area contributed by atoms with Crippen molar-refractivity contribution >= 4 is 10.0 Å². The van der Waals surface area contributed by atoms with Crippen LogP contribution in [-0.2, 0) is 42.7 Å². The van der Waals surface area contributed by atoms with Crippen LogP contribution in [-0.4, -0.2) is 56.1 Å². The van der Waals surface area contributed by atoms with Gasteiger partial charge in [-0.2, -0.15) is 5.26 Å². The van der Waals surface area contributed by atoms with Gasteiger partial charge in [-0.1, -0.05) is 48.3 Å². The van der Waals surface area contributed by atoms with Gasteiger partial charge >= 0.3 is 0 Å². The van der Waals surface area contributed by atoms with Crippen LogP contribution in [0.15, 0.2) is 24.3 Å². The quantitative estimate of drug-likeness (QED) is 0.542. The van der Waals surface area contributed by atoms with Crippen LogP contribution < -0.4 is 0 Å². The molecule has 1 aromatic carbocycles. The molecular formula is C23H45N3O2SY. The second-order valence-corrected chi connectivity index (χ2v) is 9.57. The van der Waals surface area contributed by atoms with E-state index in [1.54, 1.807) is 7.05 Å². The van der Waals surface area contributed by atoms with Crippen molar-refractivity contribution in [3.63, 3.8) is 0 Å². The molecular weight excluding hydrogens is 471 g/mol. The Balaban J connectivity index is -0.000000205. The van der Waals surface area contributed by atoms with Gasteiger partial charge < -0.3 is 4.90 Å². The van der Waals surface area contributed by atoms with Crippen LogP contribution >= 0.6 is 0 Å². The molecule has 1 aromatic rings. The number of nitriles is 1. The number of sulfonamides is 1. The van der Waals surface area contributed by atoms with Gasteiger partial charge in [0.05, 0.1) is 17.9 Å². The molecule has 1 radical (unpaired) electrons. The molecule has 30 heavy (non-hydrogen) atoms. The molecule has 0 amide bonds. The first kappa shape index (κ1) is 37.0. The van der Waals surface area contributed by atoms with Crippen LogP contribution in [0.5, 0.6) is 0 Å². The van der Waals surface area contributed by atoms with Crippen molar-refractivity contribution in [3.8, 4) is 6.07 Å². The maximum Gasteiger partial charge on any atom is 0.211 e. The van der Waals surface area contributed by atoms with Crippen molar-refractivity contribution in [2.45, 2.75) is 80.8 Å². The second kappa shape index (κ2) is 17.3. The number of likely N-dealkylation sites (tertiary alicyclic amines) is 1. The Labute approximate surface area is 213 Å². The first-order valence-electron chi connectivity index (χ1n) is 9.23. The van der Waals surface area contributed by atoms with Gasteiger partial charge in [-0.3, -0.25) is 0 Å². The van der Waals surface area contributed by atoms with Crippen LogP contribution in [0.25, 0.3) is 0 Å². The number of hydrogen-bond acceptors (Lipinski definition) is 4. The third kappa shape index (κ3) is 12.5. The van der Waals surface area contributed by atoms with Crippen LogP contribution in [0, 0.1) is 11.3 Å². The molecule has 0 atom stereocenters. The van der Waals surface area contributed by atoms with Crippen LogP contribution in [0.4, 0.5) is 0 Å². The van der Waals surface area contributed by atoms with Crippen molar-refractivity contribution in [1.29, 1.82) is 5.26 Å². The van der Waals surface area contributed by atoms with Gasteiger partial charge in [0.25, 0.3) is 0 Å². The predicted molar refractivity (Wildman–Crippen MR) is 128 cm³/mol. The molecule has 1 aliphatic rings. The summed E-state index contributed by atoms with van der Waals surface area (Å²) < 4.78 is 24.2. The molecule has 0 bridgehead atoms.